The predicted molar refractivity (Wildman–Crippen MR) is 96.2 cm³/mol. The maximum atomic E-state index is 12.4. The van der Waals surface area contributed by atoms with Crippen molar-refractivity contribution in [3.8, 4) is 0 Å². The summed E-state index contributed by atoms with van der Waals surface area (Å²) in [6.07, 6.45) is -0.683. The van der Waals surface area contributed by atoms with Gasteiger partial charge in [-0.05, 0) is 69.9 Å². The number of aliphatic hydroxyl groups is 1. The van der Waals surface area contributed by atoms with Crippen LogP contribution in [0.25, 0.3) is 0 Å². The first-order chi connectivity index (χ1) is 11.6. The van der Waals surface area contributed by atoms with Gasteiger partial charge in [-0.25, -0.2) is 4.79 Å². The molecule has 5 heteroatoms. The van der Waals surface area contributed by atoms with Gasteiger partial charge in [-0.15, -0.1) is 0 Å². The lowest BCUT2D eigenvalue weighted by Gasteiger charge is -2.10. The van der Waals surface area contributed by atoms with Gasteiger partial charge >= 0.3 is 5.97 Å². The van der Waals surface area contributed by atoms with E-state index in [9.17, 15) is 14.7 Å². The zero-order valence-electron chi connectivity index (χ0n) is 15.6. The van der Waals surface area contributed by atoms with Crippen LogP contribution in [0.1, 0.15) is 67.4 Å². The molecule has 5 nitrogen and oxygen atoms in total. The molecular formula is C20H25NO4. The molecule has 1 aromatic carbocycles. The molecule has 0 unspecified atom stereocenters. The number of H-pyrrole nitrogens is 1. The van der Waals surface area contributed by atoms with Gasteiger partial charge in [0.1, 0.15) is 5.69 Å². The highest BCUT2D eigenvalue weighted by molar-refractivity contribution is 6.00. The molecule has 0 radical (unpaired) electrons. The largest absolute Gasteiger partial charge is 0.453 e. The van der Waals surface area contributed by atoms with E-state index < -0.39 is 12.1 Å². The first-order valence-electron chi connectivity index (χ1n) is 8.28. The Morgan fingerprint density at radius 1 is 1.08 bits per heavy atom. The number of aromatic amines is 1. The third-order valence-corrected chi connectivity index (χ3v) is 4.59. The molecule has 0 amide bonds. The molecule has 0 fully saturated rings. The van der Waals surface area contributed by atoms with Crippen molar-refractivity contribution in [2.45, 2.75) is 47.6 Å². The standard InChI is InChI=1S/C20H25NO4/c1-10-7-12(3)16(8-11(10)2)17(23)9-25-20(24)19-13(4)18(15(6)22)14(5)21-19/h7-8,15,21-22H,9H2,1-6H3/t15-/m1/s1. The van der Waals surface area contributed by atoms with Crippen molar-refractivity contribution in [1.82, 2.24) is 4.98 Å². The van der Waals surface area contributed by atoms with E-state index >= 15 is 0 Å². The Bertz CT molecular complexity index is 831. The number of Topliss-reactive ketones (excluding diaryl/α,β-unsaturated/α-hetero) is 1. The number of carbonyl (C=O) groups excluding carboxylic acids is 2. The molecule has 0 saturated heterocycles. The van der Waals surface area contributed by atoms with Crippen LogP contribution < -0.4 is 0 Å². The van der Waals surface area contributed by atoms with Gasteiger partial charge in [0.2, 0.25) is 5.78 Å². The van der Waals surface area contributed by atoms with E-state index in [1.165, 1.54) is 0 Å². The smallest absolute Gasteiger partial charge is 0.355 e. The zero-order valence-corrected chi connectivity index (χ0v) is 15.6. The van der Waals surface area contributed by atoms with Crippen molar-refractivity contribution in [3.05, 3.63) is 56.9 Å². The summed E-state index contributed by atoms with van der Waals surface area (Å²) in [7, 11) is 0. The molecule has 2 rings (SSSR count). The van der Waals surface area contributed by atoms with Crippen LogP contribution in [-0.2, 0) is 4.74 Å². The Kier molecular flexibility index (Phi) is 5.48. The minimum Gasteiger partial charge on any atom is -0.453 e. The third-order valence-electron chi connectivity index (χ3n) is 4.59. The van der Waals surface area contributed by atoms with Crippen LogP contribution in [0.5, 0.6) is 0 Å². The number of rotatable bonds is 5. The molecule has 0 aliphatic heterocycles. The second-order valence-corrected chi connectivity index (χ2v) is 6.59. The van der Waals surface area contributed by atoms with E-state index in [1.54, 1.807) is 20.8 Å². The lowest BCUT2D eigenvalue weighted by molar-refractivity contribution is 0.0468. The van der Waals surface area contributed by atoms with Crippen molar-refractivity contribution < 1.29 is 19.4 Å². The van der Waals surface area contributed by atoms with Crippen molar-refractivity contribution in [2.24, 2.45) is 0 Å². The van der Waals surface area contributed by atoms with Gasteiger partial charge in [0.05, 0.1) is 6.10 Å². The number of aliphatic hydroxyl groups excluding tert-OH is 1. The van der Waals surface area contributed by atoms with Crippen LogP contribution in [0.2, 0.25) is 0 Å². The summed E-state index contributed by atoms with van der Waals surface area (Å²) in [6.45, 7) is 10.7. The number of nitrogens with one attached hydrogen (secondary N) is 1. The third kappa shape index (κ3) is 3.82. The van der Waals surface area contributed by atoms with Gasteiger partial charge < -0.3 is 14.8 Å². The molecule has 134 valence electrons. The van der Waals surface area contributed by atoms with E-state index in [-0.39, 0.29) is 18.1 Å². The molecule has 1 aromatic heterocycles. The molecule has 1 heterocycles. The van der Waals surface area contributed by atoms with Crippen LogP contribution in [0, 0.1) is 34.6 Å². The summed E-state index contributed by atoms with van der Waals surface area (Å²) in [5.74, 6) is -0.826. The number of aryl methyl sites for hydroxylation is 4. The Morgan fingerprint density at radius 2 is 1.68 bits per heavy atom. The SMILES string of the molecule is Cc1cc(C)c(C(=O)COC(=O)c2[nH]c(C)c([C@@H](C)O)c2C)cc1C. The number of carbonyl (C=O) groups is 2. The summed E-state index contributed by atoms with van der Waals surface area (Å²) < 4.78 is 5.20. The second-order valence-electron chi connectivity index (χ2n) is 6.59. The zero-order chi connectivity index (χ0) is 18.9. The number of hydrogen-bond acceptors (Lipinski definition) is 4. The van der Waals surface area contributed by atoms with Crippen LogP contribution in [0.4, 0.5) is 0 Å². The van der Waals surface area contributed by atoms with E-state index in [2.05, 4.69) is 4.98 Å². The quantitative estimate of drug-likeness (QED) is 0.641. The van der Waals surface area contributed by atoms with E-state index in [4.69, 9.17) is 4.74 Å². The fourth-order valence-electron chi connectivity index (χ4n) is 3.14. The Labute approximate surface area is 148 Å². The molecule has 0 aliphatic carbocycles. The summed E-state index contributed by atoms with van der Waals surface area (Å²) in [6, 6.07) is 3.79. The average molecular weight is 343 g/mol. The predicted octanol–water partition coefficient (Wildman–Crippen LogP) is 3.65. The fourth-order valence-corrected chi connectivity index (χ4v) is 3.14. The minimum atomic E-state index is -0.683. The molecule has 0 saturated carbocycles. The number of benzene rings is 1. The van der Waals surface area contributed by atoms with Crippen molar-refractivity contribution >= 4 is 11.8 Å². The summed E-state index contributed by atoms with van der Waals surface area (Å²) >= 11 is 0. The lowest BCUT2D eigenvalue weighted by Crippen LogP contribution is -2.16. The van der Waals surface area contributed by atoms with Crippen LogP contribution in [0.15, 0.2) is 12.1 Å². The highest BCUT2D eigenvalue weighted by atomic mass is 16.5. The summed E-state index contributed by atoms with van der Waals surface area (Å²) in [4.78, 5) is 27.7. The molecule has 0 bridgehead atoms. The lowest BCUT2D eigenvalue weighted by atomic mass is 9.98. The second kappa shape index (κ2) is 7.23. The highest BCUT2D eigenvalue weighted by Crippen LogP contribution is 2.25. The summed E-state index contributed by atoms with van der Waals surface area (Å²) in [5, 5.41) is 9.80. The van der Waals surface area contributed by atoms with E-state index in [0.717, 1.165) is 22.4 Å². The fraction of sp³-hybridized carbons (Fsp3) is 0.400. The van der Waals surface area contributed by atoms with E-state index in [0.29, 0.717) is 16.7 Å². The number of ketones is 1. The van der Waals surface area contributed by atoms with Gasteiger partial charge in [0, 0.05) is 16.8 Å². The molecule has 2 aromatic rings. The van der Waals surface area contributed by atoms with Crippen LogP contribution in [0.3, 0.4) is 0 Å². The molecular weight excluding hydrogens is 318 g/mol. The first kappa shape index (κ1) is 18.9. The average Bonchev–Trinajstić information content (AvgIpc) is 2.83. The highest BCUT2D eigenvalue weighted by Gasteiger charge is 2.22. The Balaban J connectivity index is 2.14. The Hall–Kier alpha value is -2.40. The first-order valence-corrected chi connectivity index (χ1v) is 8.28. The molecule has 1 atom stereocenters. The van der Waals surface area contributed by atoms with Crippen LogP contribution >= 0.6 is 0 Å². The number of hydrogen-bond donors (Lipinski definition) is 2. The molecule has 0 spiro atoms. The molecule has 2 N–H and O–H groups in total. The van der Waals surface area contributed by atoms with Crippen molar-refractivity contribution in [1.29, 1.82) is 0 Å². The normalized spacial score (nSPS) is 12.1. The van der Waals surface area contributed by atoms with Gasteiger partial charge in [0.15, 0.2) is 6.61 Å². The Morgan fingerprint density at radius 3 is 2.24 bits per heavy atom. The van der Waals surface area contributed by atoms with Gasteiger partial charge in [-0.2, -0.15) is 0 Å². The van der Waals surface area contributed by atoms with Crippen LogP contribution in [-0.4, -0.2) is 28.4 Å². The number of esters is 1. The van der Waals surface area contributed by atoms with Gasteiger partial charge in [-0.3, -0.25) is 4.79 Å². The van der Waals surface area contributed by atoms with Gasteiger partial charge in [-0.1, -0.05) is 6.07 Å². The van der Waals surface area contributed by atoms with Crippen molar-refractivity contribution in [2.75, 3.05) is 6.61 Å². The molecule has 0 aliphatic rings. The summed E-state index contributed by atoms with van der Waals surface area (Å²) in [5.41, 5.74) is 5.91. The maximum Gasteiger partial charge on any atom is 0.355 e. The topological polar surface area (TPSA) is 79.4 Å². The van der Waals surface area contributed by atoms with Gasteiger partial charge in [0.25, 0.3) is 0 Å². The number of ether oxygens (including phenoxy) is 1. The maximum absolute atomic E-state index is 12.4. The van der Waals surface area contributed by atoms with Crippen molar-refractivity contribution in [3.63, 3.8) is 0 Å². The minimum absolute atomic E-state index is 0.231. The monoisotopic (exact) mass is 343 g/mol. The number of aromatic nitrogens is 1. The molecule has 25 heavy (non-hydrogen) atoms. The van der Waals surface area contributed by atoms with E-state index in [1.807, 2.05) is 32.9 Å².